The van der Waals surface area contributed by atoms with Crippen molar-refractivity contribution in [1.82, 2.24) is 9.80 Å². The van der Waals surface area contributed by atoms with E-state index in [1.165, 1.54) is 32.1 Å². The van der Waals surface area contributed by atoms with Crippen molar-refractivity contribution in [2.75, 3.05) is 46.9 Å². The fourth-order valence-electron chi connectivity index (χ4n) is 3.72. The number of hydrogen-bond donors (Lipinski definition) is 0. The van der Waals surface area contributed by atoms with Gasteiger partial charge >= 0.3 is 0 Å². The lowest BCUT2D eigenvalue weighted by Crippen LogP contribution is -2.48. The van der Waals surface area contributed by atoms with Crippen LogP contribution in [0.1, 0.15) is 42.5 Å². The van der Waals surface area contributed by atoms with Gasteiger partial charge in [-0.2, -0.15) is 0 Å². The summed E-state index contributed by atoms with van der Waals surface area (Å²) in [6.07, 6.45) is 8.83. The van der Waals surface area contributed by atoms with Crippen molar-refractivity contribution in [3.63, 3.8) is 0 Å². The van der Waals surface area contributed by atoms with Gasteiger partial charge in [0.25, 0.3) is 5.91 Å². The van der Waals surface area contributed by atoms with Crippen molar-refractivity contribution < 1.29 is 14.3 Å². The van der Waals surface area contributed by atoms with Crippen molar-refractivity contribution in [2.45, 2.75) is 32.1 Å². The third kappa shape index (κ3) is 4.79. The second-order valence-electron chi connectivity index (χ2n) is 7.09. The summed E-state index contributed by atoms with van der Waals surface area (Å²) < 4.78 is 10.6. The average Bonchev–Trinajstić information content (AvgIpc) is 2.72. The van der Waals surface area contributed by atoms with Crippen LogP contribution in [0.3, 0.4) is 0 Å². The van der Waals surface area contributed by atoms with Gasteiger partial charge in [-0.25, -0.2) is 0 Å². The molecule has 1 aliphatic carbocycles. The maximum atomic E-state index is 12.8. The second kappa shape index (κ2) is 9.08. The van der Waals surface area contributed by atoms with E-state index in [1.807, 2.05) is 4.90 Å². The van der Waals surface area contributed by atoms with Gasteiger partial charge in [0.05, 0.1) is 14.2 Å². The van der Waals surface area contributed by atoms with Crippen LogP contribution in [0, 0.1) is 0 Å². The number of hydrogen-bond acceptors (Lipinski definition) is 4. The van der Waals surface area contributed by atoms with E-state index in [9.17, 15) is 4.79 Å². The quantitative estimate of drug-likeness (QED) is 0.732. The molecule has 5 nitrogen and oxygen atoms in total. The zero-order valence-corrected chi connectivity index (χ0v) is 16.0. The average molecular weight is 358 g/mol. The Bertz CT molecular complexity index is 626. The minimum atomic E-state index is 0.0526. The normalized spacial score (nSPS) is 18.4. The van der Waals surface area contributed by atoms with Gasteiger partial charge in [-0.15, -0.1) is 0 Å². The first kappa shape index (κ1) is 18.8. The fourth-order valence-corrected chi connectivity index (χ4v) is 3.72. The number of methoxy groups -OCH3 is 2. The van der Waals surface area contributed by atoms with Crippen LogP contribution in [0.2, 0.25) is 0 Å². The lowest BCUT2D eigenvalue weighted by molar-refractivity contribution is 0.0637. The summed E-state index contributed by atoms with van der Waals surface area (Å²) >= 11 is 0. The first-order chi connectivity index (χ1) is 12.7. The highest BCUT2D eigenvalue weighted by molar-refractivity contribution is 5.95. The van der Waals surface area contributed by atoms with Crippen molar-refractivity contribution in [1.29, 1.82) is 0 Å². The topological polar surface area (TPSA) is 42.0 Å². The fraction of sp³-hybridized carbons (Fsp3) is 0.571. The molecular weight excluding hydrogens is 328 g/mol. The molecule has 5 heteroatoms. The number of carbonyl (C=O) groups excluding carboxylic acids is 1. The van der Waals surface area contributed by atoms with Crippen LogP contribution < -0.4 is 9.47 Å². The van der Waals surface area contributed by atoms with Crippen LogP contribution in [-0.2, 0) is 0 Å². The Labute approximate surface area is 156 Å². The number of piperazine rings is 1. The molecule has 0 atom stereocenters. The highest BCUT2D eigenvalue weighted by Crippen LogP contribution is 2.24. The van der Waals surface area contributed by atoms with Gasteiger partial charge in [0, 0.05) is 44.4 Å². The highest BCUT2D eigenvalue weighted by atomic mass is 16.5. The van der Waals surface area contributed by atoms with E-state index in [4.69, 9.17) is 9.47 Å². The predicted molar refractivity (Wildman–Crippen MR) is 103 cm³/mol. The summed E-state index contributed by atoms with van der Waals surface area (Å²) in [6.45, 7) is 4.55. The van der Waals surface area contributed by atoms with Crippen molar-refractivity contribution in [2.24, 2.45) is 0 Å². The van der Waals surface area contributed by atoms with Gasteiger partial charge in [0.15, 0.2) is 0 Å². The molecule has 3 rings (SSSR count). The van der Waals surface area contributed by atoms with Crippen LogP contribution >= 0.6 is 0 Å². The molecule has 0 radical (unpaired) electrons. The highest BCUT2D eigenvalue weighted by Gasteiger charge is 2.23. The third-order valence-corrected chi connectivity index (χ3v) is 5.39. The van der Waals surface area contributed by atoms with Crippen molar-refractivity contribution in [3.8, 4) is 11.5 Å². The molecule has 0 saturated carbocycles. The molecule has 0 aromatic heterocycles. The molecular formula is C21H30N2O3. The number of benzene rings is 1. The molecule has 1 heterocycles. The van der Waals surface area contributed by atoms with E-state index >= 15 is 0 Å². The molecule has 1 aromatic rings. The molecule has 142 valence electrons. The van der Waals surface area contributed by atoms with Gasteiger partial charge in [-0.1, -0.05) is 11.6 Å². The Hall–Kier alpha value is -2.01. The minimum absolute atomic E-state index is 0.0526. The Kier molecular flexibility index (Phi) is 6.56. The Morgan fingerprint density at radius 3 is 2.27 bits per heavy atom. The van der Waals surface area contributed by atoms with Crippen LogP contribution in [0.5, 0.6) is 11.5 Å². The van der Waals surface area contributed by atoms with Gasteiger partial charge in [-0.05, 0) is 44.2 Å². The van der Waals surface area contributed by atoms with Crippen LogP contribution in [0.25, 0.3) is 0 Å². The Morgan fingerprint density at radius 1 is 1.00 bits per heavy atom. The first-order valence-electron chi connectivity index (χ1n) is 9.62. The molecule has 26 heavy (non-hydrogen) atoms. The zero-order chi connectivity index (χ0) is 18.4. The lowest BCUT2D eigenvalue weighted by Gasteiger charge is -2.35. The smallest absolute Gasteiger partial charge is 0.254 e. The van der Waals surface area contributed by atoms with Crippen LogP contribution in [0.4, 0.5) is 0 Å². The molecule has 2 aliphatic rings. The van der Waals surface area contributed by atoms with E-state index in [-0.39, 0.29) is 5.91 Å². The molecule has 0 unspecified atom stereocenters. The summed E-state index contributed by atoms with van der Waals surface area (Å²) in [5.41, 5.74) is 2.25. The number of allylic oxidation sites excluding steroid dienone is 1. The zero-order valence-electron chi connectivity index (χ0n) is 16.0. The van der Waals surface area contributed by atoms with Gasteiger partial charge in [0.2, 0.25) is 0 Å². The number of carbonyl (C=O) groups is 1. The van der Waals surface area contributed by atoms with Crippen molar-refractivity contribution >= 4 is 5.91 Å². The molecule has 1 aliphatic heterocycles. The Balaban J connectivity index is 1.52. The van der Waals surface area contributed by atoms with Gasteiger partial charge in [-0.3, -0.25) is 9.69 Å². The van der Waals surface area contributed by atoms with E-state index in [0.717, 1.165) is 32.7 Å². The molecule has 1 amide bonds. The summed E-state index contributed by atoms with van der Waals surface area (Å²) in [5, 5.41) is 0. The molecule has 1 saturated heterocycles. The predicted octanol–water partition coefficient (Wildman–Crippen LogP) is 3.35. The third-order valence-electron chi connectivity index (χ3n) is 5.39. The summed E-state index contributed by atoms with van der Waals surface area (Å²) in [4.78, 5) is 17.2. The van der Waals surface area contributed by atoms with E-state index in [1.54, 1.807) is 38.0 Å². The molecule has 0 bridgehead atoms. The number of nitrogens with zero attached hydrogens (tertiary/aromatic N) is 2. The minimum Gasteiger partial charge on any atom is -0.497 e. The molecule has 1 fully saturated rings. The largest absolute Gasteiger partial charge is 0.497 e. The SMILES string of the molecule is COc1cc(OC)cc(C(=O)N2CCN(CCC3=CCCCC3)CC2)c1. The monoisotopic (exact) mass is 358 g/mol. The first-order valence-corrected chi connectivity index (χ1v) is 9.62. The van der Waals surface area contributed by atoms with Gasteiger partial charge < -0.3 is 14.4 Å². The summed E-state index contributed by atoms with van der Waals surface area (Å²) in [7, 11) is 3.20. The van der Waals surface area contributed by atoms with E-state index < -0.39 is 0 Å². The summed E-state index contributed by atoms with van der Waals surface area (Å²) in [6, 6.07) is 5.36. The van der Waals surface area contributed by atoms with Crippen LogP contribution in [0.15, 0.2) is 29.8 Å². The maximum Gasteiger partial charge on any atom is 0.254 e. The molecule has 0 spiro atoms. The number of ether oxygens (including phenoxy) is 2. The molecule has 0 N–H and O–H groups in total. The van der Waals surface area contributed by atoms with Crippen LogP contribution in [-0.4, -0.2) is 62.7 Å². The Morgan fingerprint density at radius 2 is 1.69 bits per heavy atom. The molecule has 1 aromatic carbocycles. The number of rotatable bonds is 6. The summed E-state index contributed by atoms with van der Waals surface area (Å²) in [5.74, 6) is 1.34. The standard InChI is InChI=1S/C21H30N2O3/c1-25-19-14-18(15-20(16-19)26-2)21(24)23-12-10-22(11-13-23)9-8-17-6-4-3-5-7-17/h6,14-16H,3-5,7-13H2,1-2H3. The number of amides is 1. The second-order valence-corrected chi connectivity index (χ2v) is 7.09. The van der Waals surface area contributed by atoms with Gasteiger partial charge in [0.1, 0.15) is 11.5 Å². The van der Waals surface area contributed by atoms with Crippen molar-refractivity contribution in [3.05, 3.63) is 35.4 Å². The van der Waals surface area contributed by atoms with E-state index in [0.29, 0.717) is 17.1 Å². The lowest BCUT2D eigenvalue weighted by atomic mass is 9.97. The van der Waals surface area contributed by atoms with E-state index in [2.05, 4.69) is 11.0 Å². The maximum absolute atomic E-state index is 12.8.